The highest BCUT2D eigenvalue weighted by Crippen LogP contribution is 2.15. The van der Waals surface area contributed by atoms with Crippen molar-refractivity contribution in [2.24, 2.45) is 5.92 Å². The molecule has 1 rings (SSSR count). The zero-order valence-electron chi connectivity index (χ0n) is 11.0. The van der Waals surface area contributed by atoms with Crippen LogP contribution >= 0.6 is 11.6 Å². The van der Waals surface area contributed by atoms with Crippen LogP contribution in [0.3, 0.4) is 0 Å². The average molecular weight is 270 g/mol. The van der Waals surface area contributed by atoms with E-state index in [2.05, 4.69) is 5.32 Å². The minimum absolute atomic E-state index is 0.0261. The van der Waals surface area contributed by atoms with Crippen LogP contribution in [-0.2, 0) is 0 Å². The van der Waals surface area contributed by atoms with E-state index in [9.17, 15) is 4.79 Å². The molecule has 0 aliphatic heterocycles. The second-order valence-corrected chi connectivity index (χ2v) is 5.29. The molecular weight excluding hydrogens is 250 g/mol. The third-order valence-corrected chi connectivity index (χ3v) is 3.08. The number of nitrogens with one attached hydrogen (secondary N) is 1. The molecule has 4 heteroatoms. The minimum atomic E-state index is -0.146. The molecule has 0 spiro atoms. The van der Waals surface area contributed by atoms with Gasteiger partial charge in [0, 0.05) is 23.2 Å². The predicted octanol–water partition coefficient (Wildman–Crippen LogP) is 2.79. The molecule has 3 nitrogen and oxygen atoms in total. The number of halogens is 1. The van der Waals surface area contributed by atoms with Crippen molar-refractivity contribution in [2.75, 3.05) is 6.61 Å². The van der Waals surface area contributed by atoms with E-state index in [1.54, 1.807) is 12.1 Å². The summed E-state index contributed by atoms with van der Waals surface area (Å²) in [6, 6.07) is 5.24. The minimum Gasteiger partial charge on any atom is -0.396 e. The van der Waals surface area contributed by atoms with E-state index >= 15 is 0 Å². The lowest BCUT2D eigenvalue weighted by atomic mass is 10.0. The Hall–Kier alpha value is -1.06. The summed E-state index contributed by atoms with van der Waals surface area (Å²) < 4.78 is 0. The smallest absolute Gasteiger partial charge is 0.251 e. The fourth-order valence-electron chi connectivity index (χ4n) is 1.83. The molecule has 0 radical (unpaired) electrons. The molecule has 1 aromatic rings. The summed E-state index contributed by atoms with van der Waals surface area (Å²) >= 11 is 5.93. The Morgan fingerprint density at radius 1 is 1.39 bits per heavy atom. The first-order valence-corrected chi connectivity index (χ1v) is 6.50. The van der Waals surface area contributed by atoms with Crippen LogP contribution in [0.5, 0.6) is 0 Å². The topological polar surface area (TPSA) is 49.3 Å². The van der Waals surface area contributed by atoms with Crippen molar-refractivity contribution in [3.05, 3.63) is 34.3 Å². The van der Waals surface area contributed by atoms with Crippen molar-refractivity contribution < 1.29 is 9.90 Å². The van der Waals surface area contributed by atoms with E-state index in [0.29, 0.717) is 17.0 Å². The van der Waals surface area contributed by atoms with Gasteiger partial charge in [-0.25, -0.2) is 0 Å². The largest absolute Gasteiger partial charge is 0.396 e. The molecule has 1 atom stereocenters. The number of carbonyl (C=O) groups is 1. The monoisotopic (exact) mass is 269 g/mol. The number of hydrogen-bond donors (Lipinski definition) is 2. The second kappa shape index (κ2) is 6.76. The molecule has 0 saturated heterocycles. The second-order valence-electron chi connectivity index (χ2n) is 4.85. The fraction of sp³-hybridized carbons (Fsp3) is 0.500. The number of aliphatic hydroxyl groups is 1. The van der Waals surface area contributed by atoms with Gasteiger partial charge in [-0.3, -0.25) is 4.79 Å². The molecule has 1 amide bonds. The van der Waals surface area contributed by atoms with E-state index in [-0.39, 0.29) is 24.5 Å². The van der Waals surface area contributed by atoms with E-state index in [0.717, 1.165) is 5.56 Å². The summed E-state index contributed by atoms with van der Waals surface area (Å²) in [4.78, 5) is 12.1. The lowest BCUT2D eigenvalue weighted by molar-refractivity contribution is 0.0916. The quantitative estimate of drug-likeness (QED) is 0.864. The number of carbonyl (C=O) groups excluding carboxylic acids is 1. The highest BCUT2D eigenvalue weighted by atomic mass is 35.5. The van der Waals surface area contributed by atoms with Gasteiger partial charge in [-0.1, -0.05) is 25.4 Å². The molecule has 0 saturated carbocycles. The molecule has 2 N–H and O–H groups in total. The summed E-state index contributed by atoms with van der Waals surface area (Å²) in [6.45, 7) is 6.00. The van der Waals surface area contributed by atoms with E-state index in [1.165, 1.54) is 0 Å². The van der Waals surface area contributed by atoms with Crippen LogP contribution in [0.4, 0.5) is 0 Å². The standard InChI is InChI=1S/C14H20ClNO2/c1-9(2)13(4-5-17)16-14(18)11-6-10(3)7-12(15)8-11/h6-9,13,17H,4-5H2,1-3H3,(H,16,18). The molecule has 0 aromatic heterocycles. The number of aryl methyl sites for hydroxylation is 1. The summed E-state index contributed by atoms with van der Waals surface area (Å²) in [5.74, 6) is 0.133. The number of hydrogen-bond acceptors (Lipinski definition) is 2. The molecule has 0 aliphatic rings. The van der Waals surface area contributed by atoms with Gasteiger partial charge in [0.2, 0.25) is 0 Å². The van der Waals surface area contributed by atoms with E-state index in [4.69, 9.17) is 16.7 Å². The van der Waals surface area contributed by atoms with Gasteiger partial charge in [0.05, 0.1) is 0 Å². The highest BCUT2D eigenvalue weighted by molar-refractivity contribution is 6.31. The van der Waals surface area contributed by atoms with Crippen LogP contribution in [0.15, 0.2) is 18.2 Å². The van der Waals surface area contributed by atoms with Gasteiger partial charge in [0.25, 0.3) is 5.91 Å². The Morgan fingerprint density at radius 3 is 2.56 bits per heavy atom. The Morgan fingerprint density at radius 2 is 2.06 bits per heavy atom. The van der Waals surface area contributed by atoms with Crippen molar-refractivity contribution in [1.82, 2.24) is 5.32 Å². The Bertz CT molecular complexity index is 398. The maximum atomic E-state index is 12.1. The van der Waals surface area contributed by atoms with Crippen LogP contribution in [0, 0.1) is 12.8 Å². The Balaban J connectivity index is 2.80. The normalized spacial score (nSPS) is 12.6. The van der Waals surface area contributed by atoms with Crippen LogP contribution in [0.25, 0.3) is 0 Å². The lowest BCUT2D eigenvalue weighted by Gasteiger charge is -2.21. The predicted molar refractivity (Wildman–Crippen MR) is 74.0 cm³/mol. The average Bonchev–Trinajstić information content (AvgIpc) is 2.26. The molecule has 0 aliphatic carbocycles. The van der Waals surface area contributed by atoms with Crippen molar-refractivity contribution in [3.63, 3.8) is 0 Å². The van der Waals surface area contributed by atoms with Gasteiger partial charge in [0.1, 0.15) is 0 Å². The fourth-order valence-corrected chi connectivity index (χ4v) is 2.12. The van der Waals surface area contributed by atoms with Crippen LogP contribution in [-0.4, -0.2) is 23.7 Å². The van der Waals surface area contributed by atoms with Crippen LogP contribution in [0.2, 0.25) is 5.02 Å². The number of aliphatic hydroxyl groups excluding tert-OH is 1. The van der Waals surface area contributed by atoms with Crippen molar-refractivity contribution >= 4 is 17.5 Å². The van der Waals surface area contributed by atoms with Crippen molar-refractivity contribution in [1.29, 1.82) is 0 Å². The third kappa shape index (κ3) is 4.31. The summed E-state index contributed by atoms with van der Waals surface area (Å²) in [5, 5.41) is 12.5. The van der Waals surface area contributed by atoms with Gasteiger partial charge < -0.3 is 10.4 Å². The summed E-state index contributed by atoms with van der Waals surface area (Å²) in [6.07, 6.45) is 0.558. The molecule has 0 heterocycles. The molecule has 1 unspecified atom stereocenters. The number of benzene rings is 1. The van der Waals surface area contributed by atoms with Crippen molar-refractivity contribution in [2.45, 2.75) is 33.2 Å². The molecular formula is C14H20ClNO2. The zero-order valence-corrected chi connectivity index (χ0v) is 11.8. The van der Waals surface area contributed by atoms with Crippen LogP contribution < -0.4 is 5.32 Å². The Kier molecular flexibility index (Phi) is 5.63. The first-order chi connectivity index (χ1) is 8.43. The van der Waals surface area contributed by atoms with E-state index in [1.807, 2.05) is 26.8 Å². The Labute approximate surface area is 113 Å². The zero-order chi connectivity index (χ0) is 13.7. The highest BCUT2D eigenvalue weighted by Gasteiger charge is 2.17. The molecule has 100 valence electrons. The third-order valence-electron chi connectivity index (χ3n) is 2.87. The van der Waals surface area contributed by atoms with Gasteiger partial charge in [-0.15, -0.1) is 0 Å². The summed E-state index contributed by atoms with van der Waals surface area (Å²) in [7, 11) is 0. The number of rotatable bonds is 5. The van der Waals surface area contributed by atoms with Gasteiger partial charge >= 0.3 is 0 Å². The van der Waals surface area contributed by atoms with Gasteiger partial charge in [-0.2, -0.15) is 0 Å². The molecule has 0 bridgehead atoms. The van der Waals surface area contributed by atoms with Crippen molar-refractivity contribution in [3.8, 4) is 0 Å². The summed E-state index contributed by atoms with van der Waals surface area (Å²) in [5.41, 5.74) is 1.51. The molecule has 0 fully saturated rings. The van der Waals surface area contributed by atoms with Gasteiger partial charge in [0.15, 0.2) is 0 Å². The SMILES string of the molecule is Cc1cc(Cl)cc(C(=O)NC(CCO)C(C)C)c1. The van der Waals surface area contributed by atoms with Gasteiger partial charge in [-0.05, 0) is 43.0 Å². The lowest BCUT2D eigenvalue weighted by Crippen LogP contribution is -2.39. The maximum absolute atomic E-state index is 12.1. The molecule has 1 aromatic carbocycles. The first-order valence-electron chi connectivity index (χ1n) is 6.13. The van der Waals surface area contributed by atoms with Crippen LogP contribution in [0.1, 0.15) is 36.2 Å². The first kappa shape index (κ1) is 15.0. The number of amides is 1. The molecule has 18 heavy (non-hydrogen) atoms. The van der Waals surface area contributed by atoms with E-state index < -0.39 is 0 Å². The maximum Gasteiger partial charge on any atom is 0.251 e.